The van der Waals surface area contributed by atoms with Gasteiger partial charge in [-0.15, -0.1) is 5.10 Å². The molecule has 2 rings (SSSR count). The summed E-state index contributed by atoms with van der Waals surface area (Å²) in [5.41, 5.74) is -0.0652. The second-order valence-corrected chi connectivity index (χ2v) is 6.97. The van der Waals surface area contributed by atoms with E-state index in [0.717, 1.165) is 24.2 Å². The van der Waals surface area contributed by atoms with Crippen LogP contribution in [0.5, 0.6) is 0 Å². The number of nitrogens with one attached hydrogen (secondary N) is 1. The zero-order valence-electron chi connectivity index (χ0n) is 12.8. The average Bonchev–Trinajstić information content (AvgIpc) is 2.76. The molecule has 2 atom stereocenters. The van der Waals surface area contributed by atoms with Gasteiger partial charge in [0.2, 0.25) is 0 Å². The fraction of sp³-hybridized carbons (Fsp3) is 0.929. The number of tetrazole rings is 1. The van der Waals surface area contributed by atoms with Crippen molar-refractivity contribution in [2.24, 2.45) is 11.8 Å². The molecule has 0 amide bonds. The van der Waals surface area contributed by atoms with E-state index in [0.29, 0.717) is 6.04 Å². The summed E-state index contributed by atoms with van der Waals surface area (Å²) in [6.07, 6.45) is 4.01. The summed E-state index contributed by atoms with van der Waals surface area (Å²) in [5, 5.41) is 15.7. The third-order valence-electron chi connectivity index (χ3n) is 4.21. The first-order valence-electron chi connectivity index (χ1n) is 7.40. The van der Waals surface area contributed by atoms with E-state index in [1.807, 2.05) is 4.68 Å². The van der Waals surface area contributed by atoms with Crippen molar-refractivity contribution >= 4 is 0 Å². The third kappa shape index (κ3) is 3.32. The van der Waals surface area contributed by atoms with E-state index in [1.165, 1.54) is 19.3 Å². The van der Waals surface area contributed by atoms with Crippen molar-refractivity contribution in [2.75, 3.05) is 0 Å². The van der Waals surface area contributed by atoms with Gasteiger partial charge in [-0.3, -0.25) is 0 Å². The normalized spacial score (nSPS) is 28.6. The Morgan fingerprint density at radius 2 is 1.84 bits per heavy atom. The van der Waals surface area contributed by atoms with Gasteiger partial charge < -0.3 is 5.32 Å². The van der Waals surface area contributed by atoms with Gasteiger partial charge >= 0.3 is 0 Å². The minimum absolute atomic E-state index is 0.0652. The molecule has 1 aromatic rings. The Balaban J connectivity index is 2.01. The van der Waals surface area contributed by atoms with Crippen LogP contribution in [0.15, 0.2) is 0 Å². The maximum atomic E-state index is 4.16. The Morgan fingerprint density at radius 1 is 1.21 bits per heavy atom. The van der Waals surface area contributed by atoms with Crippen LogP contribution in [0.4, 0.5) is 0 Å². The van der Waals surface area contributed by atoms with E-state index < -0.39 is 0 Å². The number of rotatable bonds is 3. The lowest BCUT2D eigenvalue weighted by Crippen LogP contribution is -2.43. The Kier molecular flexibility index (Phi) is 4.23. The minimum atomic E-state index is -0.0652. The second kappa shape index (κ2) is 5.57. The quantitative estimate of drug-likeness (QED) is 0.911. The van der Waals surface area contributed by atoms with Gasteiger partial charge in [-0.2, -0.15) is 0 Å². The van der Waals surface area contributed by atoms with Gasteiger partial charge in [0, 0.05) is 6.04 Å². The van der Waals surface area contributed by atoms with Crippen molar-refractivity contribution in [3.8, 4) is 0 Å². The first kappa shape index (κ1) is 14.4. The summed E-state index contributed by atoms with van der Waals surface area (Å²) in [5.74, 6) is 2.41. The number of nitrogens with zero attached hydrogens (tertiary/aromatic N) is 4. The molecule has 1 aromatic heterocycles. The predicted octanol–water partition coefficient (Wildman–Crippen LogP) is 2.34. The molecule has 0 aliphatic heterocycles. The number of aromatic nitrogens is 4. The van der Waals surface area contributed by atoms with Crippen molar-refractivity contribution in [3.63, 3.8) is 0 Å². The van der Waals surface area contributed by atoms with Crippen LogP contribution in [0, 0.1) is 11.8 Å². The van der Waals surface area contributed by atoms with Crippen molar-refractivity contribution in [2.45, 2.75) is 72.0 Å². The topological polar surface area (TPSA) is 55.6 Å². The lowest BCUT2D eigenvalue weighted by molar-refractivity contribution is 0.204. The van der Waals surface area contributed by atoms with Crippen LogP contribution in [-0.2, 0) is 12.1 Å². The van der Waals surface area contributed by atoms with Gasteiger partial charge in [0.15, 0.2) is 5.82 Å². The van der Waals surface area contributed by atoms with Gasteiger partial charge in [-0.05, 0) is 55.9 Å². The van der Waals surface area contributed by atoms with Crippen LogP contribution in [-0.4, -0.2) is 26.2 Å². The Hall–Kier alpha value is -0.970. The zero-order chi connectivity index (χ0) is 14.0. The van der Waals surface area contributed by atoms with E-state index in [9.17, 15) is 0 Å². The fourth-order valence-corrected chi connectivity index (χ4v) is 3.13. The van der Waals surface area contributed by atoms with E-state index in [2.05, 4.69) is 55.5 Å². The van der Waals surface area contributed by atoms with E-state index in [-0.39, 0.29) is 5.54 Å². The molecule has 19 heavy (non-hydrogen) atoms. The molecule has 0 spiro atoms. The smallest absolute Gasteiger partial charge is 0.165 e. The highest BCUT2D eigenvalue weighted by molar-refractivity contribution is 4.90. The van der Waals surface area contributed by atoms with Crippen LogP contribution in [0.1, 0.15) is 59.7 Å². The van der Waals surface area contributed by atoms with Crippen LogP contribution in [0.3, 0.4) is 0 Å². The standard InChI is InChI=1S/C14H27N5/c1-10-7-6-8-11(2)13(10)15-9-12-16-17-18-19(12)14(3,4)5/h10-11,13,15H,6-9H2,1-5H3. The van der Waals surface area contributed by atoms with Crippen LogP contribution >= 0.6 is 0 Å². The monoisotopic (exact) mass is 265 g/mol. The van der Waals surface area contributed by atoms with Gasteiger partial charge in [-0.1, -0.05) is 20.3 Å². The van der Waals surface area contributed by atoms with E-state index >= 15 is 0 Å². The Bertz CT molecular complexity index is 396. The summed E-state index contributed by atoms with van der Waals surface area (Å²) in [7, 11) is 0. The SMILES string of the molecule is CC1CCCC(C)C1NCc1nnnn1C(C)(C)C. The zero-order valence-corrected chi connectivity index (χ0v) is 12.8. The number of hydrogen-bond acceptors (Lipinski definition) is 4. The molecular weight excluding hydrogens is 238 g/mol. The van der Waals surface area contributed by atoms with Crippen molar-refractivity contribution in [3.05, 3.63) is 5.82 Å². The molecule has 0 saturated heterocycles. The third-order valence-corrected chi connectivity index (χ3v) is 4.21. The molecule has 5 nitrogen and oxygen atoms in total. The molecular formula is C14H27N5. The van der Waals surface area contributed by atoms with Gasteiger partial charge in [0.05, 0.1) is 12.1 Å². The fourth-order valence-electron chi connectivity index (χ4n) is 3.13. The molecule has 0 bridgehead atoms. The van der Waals surface area contributed by atoms with E-state index in [4.69, 9.17) is 0 Å². The highest BCUT2D eigenvalue weighted by atomic mass is 15.6. The highest BCUT2D eigenvalue weighted by Crippen LogP contribution is 2.29. The number of hydrogen-bond donors (Lipinski definition) is 1. The lowest BCUT2D eigenvalue weighted by atomic mass is 9.79. The molecule has 1 saturated carbocycles. The minimum Gasteiger partial charge on any atom is -0.306 e. The van der Waals surface area contributed by atoms with Crippen molar-refractivity contribution in [1.82, 2.24) is 25.5 Å². The molecule has 2 unspecified atom stereocenters. The van der Waals surface area contributed by atoms with Crippen molar-refractivity contribution in [1.29, 1.82) is 0 Å². The molecule has 1 aliphatic carbocycles. The maximum absolute atomic E-state index is 4.16. The first-order valence-corrected chi connectivity index (χ1v) is 7.40. The Morgan fingerprint density at radius 3 is 2.42 bits per heavy atom. The van der Waals surface area contributed by atoms with Gasteiger partial charge in [0.25, 0.3) is 0 Å². The lowest BCUT2D eigenvalue weighted by Gasteiger charge is -2.35. The second-order valence-electron chi connectivity index (χ2n) is 6.97. The molecule has 108 valence electrons. The largest absolute Gasteiger partial charge is 0.306 e. The molecule has 1 aliphatic rings. The van der Waals surface area contributed by atoms with Gasteiger partial charge in [0.1, 0.15) is 0 Å². The molecule has 1 fully saturated rings. The van der Waals surface area contributed by atoms with Crippen molar-refractivity contribution < 1.29 is 0 Å². The highest BCUT2D eigenvalue weighted by Gasteiger charge is 2.28. The first-order chi connectivity index (χ1) is 8.89. The predicted molar refractivity (Wildman–Crippen MR) is 75.6 cm³/mol. The molecule has 1 N–H and O–H groups in total. The summed E-state index contributed by atoms with van der Waals surface area (Å²) in [4.78, 5) is 0. The summed E-state index contributed by atoms with van der Waals surface area (Å²) >= 11 is 0. The molecule has 0 radical (unpaired) electrons. The average molecular weight is 265 g/mol. The molecule has 0 aromatic carbocycles. The Labute approximate surface area is 116 Å². The van der Waals surface area contributed by atoms with E-state index in [1.54, 1.807) is 0 Å². The summed E-state index contributed by atoms with van der Waals surface area (Å²) in [6.45, 7) is 11.8. The van der Waals surface area contributed by atoms with Crippen LogP contribution in [0.2, 0.25) is 0 Å². The molecule has 5 heteroatoms. The molecule has 1 heterocycles. The van der Waals surface area contributed by atoms with Gasteiger partial charge in [-0.25, -0.2) is 4.68 Å². The van der Waals surface area contributed by atoms with Crippen LogP contribution < -0.4 is 5.32 Å². The van der Waals surface area contributed by atoms with Crippen LogP contribution in [0.25, 0.3) is 0 Å². The summed E-state index contributed by atoms with van der Waals surface area (Å²) in [6, 6.07) is 0.582. The maximum Gasteiger partial charge on any atom is 0.165 e. The summed E-state index contributed by atoms with van der Waals surface area (Å²) < 4.78 is 1.91.